The molecule has 0 aliphatic carbocycles. The first-order valence-corrected chi connectivity index (χ1v) is 8.16. The molecule has 0 bridgehead atoms. The van der Waals surface area contributed by atoms with Gasteiger partial charge in [-0.1, -0.05) is 0 Å². The van der Waals surface area contributed by atoms with E-state index in [0.29, 0.717) is 0 Å². The van der Waals surface area contributed by atoms with Crippen LogP contribution in [-0.2, 0) is 6.54 Å². The van der Waals surface area contributed by atoms with Crippen LogP contribution >= 0.6 is 0 Å². The summed E-state index contributed by atoms with van der Waals surface area (Å²) in [6, 6.07) is 8.21. The van der Waals surface area contributed by atoms with Crippen molar-refractivity contribution in [2.45, 2.75) is 32.4 Å². The van der Waals surface area contributed by atoms with Gasteiger partial charge in [0.05, 0.1) is 12.3 Å². The number of likely N-dealkylation sites (tertiary alicyclic amines) is 1. The van der Waals surface area contributed by atoms with Crippen molar-refractivity contribution in [1.82, 2.24) is 14.5 Å². The number of hydrogen-bond donors (Lipinski definition) is 0. The highest BCUT2D eigenvalue weighted by Crippen LogP contribution is 2.29. The summed E-state index contributed by atoms with van der Waals surface area (Å²) in [5.41, 5.74) is 0. The second-order valence-electron chi connectivity index (χ2n) is 6.09. The molecule has 1 fully saturated rings. The summed E-state index contributed by atoms with van der Waals surface area (Å²) in [5, 5.41) is 0. The van der Waals surface area contributed by atoms with Crippen molar-refractivity contribution in [3.05, 3.63) is 54.4 Å². The van der Waals surface area contributed by atoms with Crippen molar-refractivity contribution < 1.29 is 8.83 Å². The predicted octanol–water partition coefficient (Wildman–Crippen LogP) is 3.88. The fraction of sp³-hybridized carbons (Fsp3) is 0.389. The Hall–Kier alpha value is -2.27. The molecule has 3 aromatic heterocycles. The highest BCUT2D eigenvalue weighted by Gasteiger charge is 2.27. The van der Waals surface area contributed by atoms with Gasteiger partial charge < -0.3 is 13.4 Å². The second kappa shape index (κ2) is 6.08. The smallest absolute Gasteiger partial charge is 0.176 e. The molecule has 5 nitrogen and oxygen atoms in total. The minimum absolute atomic E-state index is 0.233. The van der Waals surface area contributed by atoms with Crippen molar-refractivity contribution in [3.8, 4) is 11.6 Å². The van der Waals surface area contributed by atoms with Gasteiger partial charge in [-0.15, -0.1) is 0 Å². The van der Waals surface area contributed by atoms with E-state index in [1.807, 2.05) is 37.5 Å². The first-order chi connectivity index (χ1) is 11.3. The van der Waals surface area contributed by atoms with Gasteiger partial charge in [-0.05, 0) is 57.1 Å². The van der Waals surface area contributed by atoms with Gasteiger partial charge in [0.25, 0.3) is 0 Å². The summed E-state index contributed by atoms with van der Waals surface area (Å²) in [4.78, 5) is 6.98. The molecule has 3 aromatic rings. The minimum atomic E-state index is 0.233. The van der Waals surface area contributed by atoms with Crippen molar-refractivity contribution in [2.24, 2.45) is 0 Å². The van der Waals surface area contributed by atoms with Crippen LogP contribution in [0.5, 0.6) is 0 Å². The van der Waals surface area contributed by atoms with Crippen LogP contribution in [0, 0.1) is 6.92 Å². The van der Waals surface area contributed by atoms with Crippen LogP contribution in [0.25, 0.3) is 11.6 Å². The molecule has 0 aromatic carbocycles. The summed E-state index contributed by atoms with van der Waals surface area (Å²) >= 11 is 0. The fourth-order valence-corrected chi connectivity index (χ4v) is 3.34. The van der Waals surface area contributed by atoms with Gasteiger partial charge in [0.15, 0.2) is 11.6 Å². The molecule has 23 heavy (non-hydrogen) atoms. The lowest BCUT2D eigenvalue weighted by Crippen LogP contribution is -2.29. The van der Waals surface area contributed by atoms with E-state index < -0.39 is 0 Å². The summed E-state index contributed by atoms with van der Waals surface area (Å²) < 4.78 is 13.6. The number of furan rings is 2. The zero-order valence-electron chi connectivity index (χ0n) is 13.3. The lowest BCUT2D eigenvalue weighted by molar-refractivity contribution is 0.194. The van der Waals surface area contributed by atoms with E-state index >= 15 is 0 Å². The quantitative estimate of drug-likeness (QED) is 0.717. The average Bonchev–Trinajstić information content (AvgIpc) is 3.32. The van der Waals surface area contributed by atoms with Gasteiger partial charge in [0.2, 0.25) is 0 Å². The Morgan fingerprint density at radius 2 is 2.09 bits per heavy atom. The molecule has 1 aliphatic heterocycles. The van der Waals surface area contributed by atoms with E-state index in [2.05, 4.69) is 20.5 Å². The van der Waals surface area contributed by atoms with Gasteiger partial charge in [-0.25, -0.2) is 4.98 Å². The van der Waals surface area contributed by atoms with Crippen LogP contribution in [0.15, 0.2) is 51.8 Å². The largest absolute Gasteiger partial charge is 0.468 e. The van der Waals surface area contributed by atoms with Gasteiger partial charge in [0.1, 0.15) is 11.5 Å². The van der Waals surface area contributed by atoms with Crippen LogP contribution in [-0.4, -0.2) is 27.5 Å². The average molecular weight is 311 g/mol. The maximum atomic E-state index is 5.75. The SMILES string of the molecule is Cc1ccc(-c2nccn2C[C@H](c2ccco2)N2CCCC2)o1. The van der Waals surface area contributed by atoms with E-state index in [0.717, 1.165) is 42.7 Å². The van der Waals surface area contributed by atoms with Crippen LogP contribution < -0.4 is 0 Å². The monoisotopic (exact) mass is 311 g/mol. The van der Waals surface area contributed by atoms with Crippen LogP contribution in [0.1, 0.15) is 30.4 Å². The third-order valence-electron chi connectivity index (χ3n) is 4.50. The van der Waals surface area contributed by atoms with Crippen molar-refractivity contribution in [2.75, 3.05) is 13.1 Å². The maximum absolute atomic E-state index is 5.75. The highest BCUT2D eigenvalue weighted by molar-refractivity contribution is 5.47. The van der Waals surface area contributed by atoms with Gasteiger partial charge in [-0.2, -0.15) is 0 Å². The van der Waals surface area contributed by atoms with E-state index in [-0.39, 0.29) is 6.04 Å². The summed E-state index contributed by atoms with van der Waals surface area (Å²) in [6.07, 6.45) is 8.11. The molecular formula is C18H21N3O2. The van der Waals surface area contributed by atoms with Crippen LogP contribution in [0.4, 0.5) is 0 Å². The molecule has 0 amide bonds. The van der Waals surface area contributed by atoms with Crippen LogP contribution in [0.2, 0.25) is 0 Å². The summed E-state index contributed by atoms with van der Waals surface area (Å²) in [7, 11) is 0. The Bertz CT molecular complexity index is 751. The molecular weight excluding hydrogens is 290 g/mol. The number of aryl methyl sites for hydroxylation is 1. The second-order valence-corrected chi connectivity index (χ2v) is 6.09. The fourth-order valence-electron chi connectivity index (χ4n) is 3.34. The lowest BCUT2D eigenvalue weighted by Gasteiger charge is -2.26. The van der Waals surface area contributed by atoms with Gasteiger partial charge >= 0.3 is 0 Å². The Labute approximate surface area is 135 Å². The molecule has 1 saturated heterocycles. The highest BCUT2D eigenvalue weighted by atomic mass is 16.3. The van der Waals surface area contributed by atoms with Gasteiger partial charge in [-0.3, -0.25) is 4.90 Å². The van der Waals surface area contributed by atoms with E-state index in [4.69, 9.17) is 8.83 Å². The predicted molar refractivity (Wildman–Crippen MR) is 86.9 cm³/mol. The molecule has 0 spiro atoms. The summed E-state index contributed by atoms with van der Waals surface area (Å²) in [5.74, 6) is 3.60. The number of nitrogens with zero attached hydrogens (tertiary/aromatic N) is 3. The lowest BCUT2D eigenvalue weighted by atomic mass is 10.2. The van der Waals surface area contributed by atoms with Crippen molar-refractivity contribution in [3.63, 3.8) is 0 Å². The molecule has 0 N–H and O–H groups in total. The Balaban J connectivity index is 1.63. The number of imidazole rings is 1. The van der Waals surface area contributed by atoms with Gasteiger partial charge in [0, 0.05) is 18.9 Å². The molecule has 0 unspecified atom stereocenters. The Morgan fingerprint density at radius 1 is 1.22 bits per heavy atom. The molecule has 4 rings (SSSR count). The van der Waals surface area contributed by atoms with E-state index in [9.17, 15) is 0 Å². The maximum Gasteiger partial charge on any atom is 0.176 e. The van der Waals surface area contributed by atoms with Crippen molar-refractivity contribution >= 4 is 0 Å². The molecule has 1 aliphatic rings. The van der Waals surface area contributed by atoms with E-state index in [1.165, 1.54) is 12.8 Å². The molecule has 1 atom stereocenters. The normalized spacial score (nSPS) is 16.9. The number of hydrogen-bond acceptors (Lipinski definition) is 4. The topological polar surface area (TPSA) is 47.3 Å². The molecule has 4 heterocycles. The standard InChI is InChI=1S/C18H21N3O2/c1-14-6-7-17(23-14)18-19-8-11-21(18)13-15(16-5-4-12-22-16)20-9-2-3-10-20/h4-8,11-12,15H,2-3,9-10,13H2,1H3/t15-/m1/s1. The zero-order chi connectivity index (χ0) is 15.6. The minimum Gasteiger partial charge on any atom is -0.468 e. The first kappa shape index (κ1) is 14.3. The number of aromatic nitrogens is 2. The van der Waals surface area contributed by atoms with Crippen LogP contribution in [0.3, 0.4) is 0 Å². The van der Waals surface area contributed by atoms with E-state index in [1.54, 1.807) is 6.26 Å². The third kappa shape index (κ3) is 2.84. The third-order valence-corrected chi connectivity index (χ3v) is 4.50. The molecule has 5 heteroatoms. The molecule has 120 valence electrons. The molecule has 0 radical (unpaired) electrons. The zero-order valence-corrected chi connectivity index (χ0v) is 13.3. The summed E-state index contributed by atoms with van der Waals surface area (Å²) in [6.45, 7) is 5.00. The Morgan fingerprint density at radius 3 is 2.78 bits per heavy atom. The number of rotatable bonds is 5. The Kier molecular flexibility index (Phi) is 3.79. The van der Waals surface area contributed by atoms with Crippen molar-refractivity contribution in [1.29, 1.82) is 0 Å². The first-order valence-electron chi connectivity index (χ1n) is 8.16. The molecule has 0 saturated carbocycles.